The van der Waals surface area contributed by atoms with Crippen LogP contribution in [0.3, 0.4) is 0 Å². The highest BCUT2D eigenvalue weighted by Gasteiger charge is 2.07. The van der Waals surface area contributed by atoms with Crippen LogP contribution in [0.4, 0.5) is 11.6 Å². The summed E-state index contributed by atoms with van der Waals surface area (Å²) >= 11 is 1.57. The highest BCUT2D eigenvalue weighted by atomic mass is 32.2. The number of hydrogen-bond acceptors (Lipinski definition) is 5. The number of anilines is 2. The van der Waals surface area contributed by atoms with Crippen molar-refractivity contribution in [2.45, 2.75) is 64.1 Å². The van der Waals surface area contributed by atoms with Crippen molar-refractivity contribution in [3.63, 3.8) is 0 Å². The van der Waals surface area contributed by atoms with E-state index in [1.54, 1.807) is 11.8 Å². The van der Waals surface area contributed by atoms with Crippen molar-refractivity contribution in [2.75, 3.05) is 23.4 Å². The quantitative estimate of drug-likeness (QED) is 0.381. The first-order valence-corrected chi connectivity index (χ1v) is 8.85. The molecule has 4 nitrogen and oxygen atoms in total. The smallest absolute Gasteiger partial charge is 0.191 e. The van der Waals surface area contributed by atoms with Gasteiger partial charge in [0.15, 0.2) is 5.16 Å². The molecular weight excluding hydrogens is 268 g/mol. The van der Waals surface area contributed by atoms with Gasteiger partial charge in [-0.15, -0.1) is 0 Å². The summed E-state index contributed by atoms with van der Waals surface area (Å²) in [4.78, 5) is 8.96. The third kappa shape index (κ3) is 6.46. The Labute approximate surface area is 127 Å². The number of aromatic nitrogens is 2. The van der Waals surface area contributed by atoms with Gasteiger partial charge in [0, 0.05) is 18.7 Å². The zero-order chi connectivity index (χ0) is 14.8. The first-order chi connectivity index (χ1) is 9.69. The van der Waals surface area contributed by atoms with Gasteiger partial charge < -0.3 is 10.6 Å². The molecule has 1 rings (SSSR count). The zero-order valence-corrected chi connectivity index (χ0v) is 14.0. The normalized spacial score (nSPS) is 12.2. The minimum Gasteiger partial charge on any atom is -0.370 e. The third-order valence-electron chi connectivity index (χ3n) is 3.13. The topological polar surface area (TPSA) is 49.8 Å². The molecule has 1 heterocycles. The van der Waals surface area contributed by atoms with Gasteiger partial charge in [-0.25, -0.2) is 9.97 Å². The first-order valence-electron chi connectivity index (χ1n) is 7.63. The van der Waals surface area contributed by atoms with Crippen LogP contribution in [-0.2, 0) is 0 Å². The van der Waals surface area contributed by atoms with Gasteiger partial charge in [0.1, 0.15) is 11.6 Å². The lowest BCUT2D eigenvalue weighted by atomic mass is 10.1. The second-order valence-corrected chi connectivity index (χ2v) is 5.82. The summed E-state index contributed by atoms with van der Waals surface area (Å²) in [6.07, 6.45) is 8.42. The van der Waals surface area contributed by atoms with Crippen LogP contribution in [0.15, 0.2) is 11.2 Å². The van der Waals surface area contributed by atoms with Crippen molar-refractivity contribution in [3.05, 3.63) is 6.07 Å². The van der Waals surface area contributed by atoms with Crippen molar-refractivity contribution in [2.24, 2.45) is 0 Å². The molecule has 2 N–H and O–H groups in total. The summed E-state index contributed by atoms with van der Waals surface area (Å²) in [6, 6.07) is 2.44. The number of nitrogens with one attached hydrogen (secondary N) is 2. The van der Waals surface area contributed by atoms with Crippen LogP contribution in [0.1, 0.15) is 52.9 Å². The fourth-order valence-corrected chi connectivity index (χ4v) is 2.44. The van der Waals surface area contributed by atoms with E-state index in [9.17, 15) is 0 Å². The summed E-state index contributed by atoms with van der Waals surface area (Å²) in [7, 11) is 0. The van der Waals surface area contributed by atoms with Gasteiger partial charge in [0.25, 0.3) is 0 Å². The minimum absolute atomic E-state index is 0.450. The number of rotatable bonds is 10. The lowest BCUT2D eigenvalue weighted by Gasteiger charge is -2.15. The van der Waals surface area contributed by atoms with Gasteiger partial charge in [-0.3, -0.25) is 0 Å². The predicted octanol–water partition coefficient (Wildman–Crippen LogP) is 4.40. The molecule has 0 aromatic carbocycles. The van der Waals surface area contributed by atoms with Gasteiger partial charge in [-0.1, -0.05) is 44.4 Å². The van der Waals surface area contributed by atoms with E-state index >= 15 is 0 Å². The number of unbranched alkanes of at least 4 members (excludes halogenated alkanes) is 3. The fraction of sp³-hybridized carbons (Fsp3) is 0.733. The summed E-state index contributed by atoms with van der Waals surface area (Å²) < 4.78 is 0. The Morgan fingerprint density at radius 2 is 1.90 bits per heavy atom. The largest absolute Gasteiger partial charge is 0.370 e. The van der Waals surface area contributed by atoms with Crippen molar-refractivity contribution >= 4 is 23.4 Å². The maximum atomic E-state index is 4.52. The average molecular weight is 296 g/mol. The molecule has 0 fully saturated rings. The van der Waals surface area contributed by atoms with Crippen LogP contribution in [-0.4, -0.2) is 28.8 Å². The summed E-state index contributed by atoms with van der Waals surface area (Å²) in [6.45, 7) is 7.41. The molecular formula is C15H28N4S. The molecule has 0 aliphatic heterocycles. The van der Waals surface area contributed by atoms with Crippen molar-refractivity contribution in [1.82, 2.24) is 9.97 Å². The molecule has 0 radical (unpaired) electrons. The lowest BCUT2D eigenvalue weighted by molar-refractivity contribution is 0.592. The Morgan fingerprint density at radius 3 is 2.55 bits per heavy atom. The van der Waals surface area contributed by atoms with E-state index in [0.717, 1.165) is 23.3 Å². The third-order valence-corrected chi connectivity index (χ3v) is 3.68. The Balaban J connectivity index is 2.54. The van der Waals surface area contributed by atoms with E-state index in [1.807, 2.05) is 12.3 Å². The SMILES string of the molecule is CCCCCCC(C)Nc1cc(NCC)nc(SC)n1. The monoisotopic (exact) mass is 296 g/mol. The van der Waals surface area contributed by atoms with Crippen molar-refractivity contribution in [3.8, 4) is 0 Å². The molecule has 114 valence electrons. The molecule has 1 atom stereocenters. The summed E-state index contributed by atoms with van der Waals surface area (Å²) in [5.74, 6) is 1.82. The molecule has 1 unspecified atom stereocenters. The maximum absolute atomic E-state index is 4.52. The van der Waals surface area contributed by atoms with E-state index in [2.05, 4.69) is 41.4 Å². The Hall–Kier alpha value is -0.970. The molecule has 20 heavy (non-hydrogen) atoms. The maximum Gasteiger partial charge on any atom is 0.191 e. The first kappa shape index (κ1) is 17.1. The molecule has 0 bridgehead atoms. The molecule has 1 aromatic rings. The van der Waals surface area contributed by atoms with Gasteiger partial charge >= 0.3 is 0 Å². The lowest BCUT2D eigenvalue weighted by Crippen LogP contribution is -2.16. The highest BCUT2D eigenvalue weighted by Crippen LogP contribution is 2.18. The minimum atomic E-state index is 0.450. The molecule has 5 heteroatoms. The number of nitrogens with zero attached hydrogens (tertiary/aromatic N) is 2. The Morgan fingerprint density at radius 1 is 1.15 bits per heavy atom. The predicted molar refractivity (Wildman–Crippen MR) is 89.8 cm³/mol. The van der Waals surface area contributed by atoms with Gasteiger partial charge in [0.2, 0.25) is 0 Å². The van der Waals surface area contributed by atoms with Crippen LogP contribution >= 0.6 is 11.8 Å². The van der Waals surface area contributed by atoms with Gasteiger partial charge in [-0.05, 0) is 26.5 Å². The molecule has 0 saturated carbocycles. The number of hydrogen-bond donors (Lipinski definition) is 2. The molecule has 0 spiro atoms. The summed E-state index contributed by atoms with van der Waals surface area (Å²) in [5, 5.41) is 7.55. The van der Waals surface area contributed by atoms with Gasteiger partial charge in [0.05, 0.1) is 0 Å². The second-order valence-electron chi connectivity index (χ2n) is 5.05. The van der Waals surface area contributed by atoms with E-state index in [0.29, 0.717) is 6.04 Å². The van der Waals surface area contributed by atoms with Crippen LogP contribution in [0.5, 0.6) is 0 Å². The van der Waals surface area contributed by atoms with Crippen molar-refractivity contribution in [1.29, 1.82) is 0 Å². The van der Waals surface area contributed by atoms with Crippen LogP contribution in [0.2, 0.25) is 0 Å². The van der Waals surface area contributed by atoms with E-state index < -0.39 is 0 Å². The van der Waals surface area contributed by atoms with Crippen molar-refractivity contribution < 1.29 is 0 Å². The molecule has 0 amide bonds. The second kappa shape index (κ2) is 9.86. The fourth-order valence-electron chi connectivity index (χ4n) is 2.06. The van der Waals surface area contributed by atoms with Crippen LogP contribution in [0, 0.1) is 0 Å². The molecule has 0 saturated heterocycles. The van der Waals surface area contributed by atoms with E-state index in [-0.39, 0.29) is 0 Å². The molecule has 1 aromatic heterocycles. The summed E-state index contributed by atoms with van der Waals surface area (Å²) in [5.41, 5.74) is 0. The number of thioether (sulfide) groups is 1. The Bertz CT molecular complexity index is 384. The van der Waals surface area contributed by atoms with E-state index in [1.165, 1.54) is 32.1 Å². The van der Waals surface area contributed by atoms with Crippen LogP contribution < -0.4 is 10.6 Å². The Kier molecular flexibility index (Phi) is 8.42. The average Bonchev–Trinajstić information content (AvgIpc) is 2.43. The standard InChI is InChI=1S/C15H28N4S/c1-5-7-8-9-10-12(3)17-14-11-13(16-6-2)18-15(19-14)20-4/h11-12H,5-10H2,1-4H3,(H2,16,17,18,19). The molecule has 0 aliphatic carbocycles. The zero-order valence-electron chi connectivity index (χ0n) is 13.2. The van der Waals surface area contributed by atoms with E-state index in [4.69, 9.17) is 0 Å². The van der Waals surface area contributed by atoms with Crippen LogP contribution in [0.25, 0.3) is 0 Å². The van der Waals surface area contributed by atoms with Gasteiger partial charge in [-0.2, -0.15) is 0 Å². The molecule has 0 aliphatic rings. The highest BCUT2D eigenvalue weighted by molar-refractivity contribution is 7.98.